The van der Waals surface area contributed by atoms with Crippen LogP contribution in [0.25, 0.3) is 0 Å². The minimum atomic E-state index is -0.333. The van der Waals surface area contributed by atoms with E-state index in [0.29, 0.717) is 12.4 Å². The van der Waals surface area contributed by atoms with Crippen molar-refractivity contribution >= 4 is 50.6 Å². The number of hydrogen-bond acceptors (Lipinski definition) is 4. The van der Waals surface area contributed by atoms with Crippen molar-refractivity contribution in [2.45, 2.75) is 13.3 Å². The maximum absolute atomic E-state index is 11.8. The largest absolute Gasteiger partial charge is 0.493 e. The molecule has 1 N–H and O–H groups in total. The summed E-state index contributed by atoms with van der Waals surface area (Å²) < 4.78 is 13.1. The van der Waals surface area contributed by atoms with E-state index >= 15 is 0 Å². The summed E-state index contributed by atoms with van der Waals surface area (Å²) in [5, 5.41) is 3.97. The van der Waals surface area contributed by atoms with Gasteiger partial charge in [-0.1, -0.05) is 22.9 Å². The summed E-state index contributed by atoms with van der Waals surface area (Å²) in [5.74, 6) is 1.03. The van der Waals surface area contributed by atoms with Gasteiger partial charge in [-0.2, -0.15) is 5.10 Å². The fourth-order valence-corrected chi connectivity index (χ4v) is 2.59. The van der Waals surface area contributed by atoms with Gasteiger partial charge in [0, 0.05) is 13.6 Å². The number of halogens is 2. The summed E-state index contributed by atoms with van der Waals surface area (Å²) in [6, 6.07) is 13.1. The van der Waals surface area contributed by atoms with E-state index in [1.807, 2.05) is 49.4 Å². The Morgan fingerprint density at radius 3 is 2.72 bits per heavy atom. The number of hydrogen-bond donors (Lipinski definition) is 1. The summed E-state index contributed by atoms with van der Waals surface area (Å²) in [5.41, 5.74) is 3.23. The molecule has 0 spiro atoms. The lowest BCUT2D eigenvalue weighted by Gasteiger charge is -2.08. The minimum Gasteiger partial charge on any atom is -0.493 e. The molecule has 132 valence electrons. The number of hydrazone groups is 1. The second-order valence-electron chi connectivity index (χ2n) is 5.07. The van der Waals surface area contributed by atoms with E-state index in [9.17, 15) is 4.79 Å². The van der Waals surface area contributed by atoms with Crippen molar-refractivity contribution in [3.8, 4) is 11.5 Å². The first-order valence-electron chi connectivity index (χ1n) is 7.71. The van der Waals surface area contributed by atoms with Crippen LogP contribution in [-0.2, 0) is 4.79 Å². The van der Waals surface area contributed by atoms with Crippen molar-refractivity contribution < 1.29 is 14.3 Å². The fraction of sp³-hybridized carbons (Fsp3) is 0.222. The van der Waals surface area contributed by atoms with Gasteiger partial charge in [0.1, 0.15) is 11.5 Å². The number of benzene rings is 2. The number of carbonyl (C=O) groups excluding carboxylic acids is 1. The van der Waals surface area contributed by atoms with E-state index in [2.05, 4.69) is 49.0 Å². The number of nitrogens with one attached hydrogen (secondary N) is 1. The molecule has 0 aliphatic heterocycles. The molecule has 2 rings (SSSR count). The third-order valence-electron chi connectivity index (χ3n) is 3.01. The molecular weight excluding hydrogens is 499 g/mol. The molecule has 0 aliphatic carbocycles. The van der Waals surface area contributed by atoms with Crippen LogP contribution in [0.5, 0.6) is 11.5 Å². The second-order valence-corrected chi connectivity index (χ2v) is 7.23. The Morgan fingerprint density at radius 2 is 2.00 bits per heavy atom. The lowest BCUT2D eigenvalue weighted by Crippen LogP contribution is -2.24. The molecule has 1 amide bonds. The predicted octanol–water partition coefficient (Wildman–Crippen LogP) is 4.37. The van der Waals surface area contributed by atoms with E-state index in [1.54, 1.807) is 6.21 Å². The quantitative estimate of drug-likeness (QED) is 0.322. The molecular formula is C18H18BrIN2O3. The average Bonchev–Trinajstić information content (AvgIpc) is 2.60. The van der Waals surface area contributed by atoms with E-state index in [-0.39, 0.29) is 12.5 Å². The zero-order chi connectivity index (χ0) is 18.1. The van der Waals surface area contributed by atoms with Crippen LogP contribution in [-0.4, -0.2) is 25.3 Å². The van der Waals surface area contributed by atoms with Gasteiger partial charge in [-0.3, -0.25) is 4.79 Å². The minimum absolute atomic E-state index is 0.102. The Labute approximate surface area is 169 Å². The first-order chi connectivity index (χ1) is 12.1. The van der Waals surface area contributed by atoms with Crippen LogP contribution in [0.1, 0.15) is 18.9 Å². The number of amides is 1. The highest BCUT2D eigenvalue weighted by Gasteiger charge is 2.04. The molecule has 0 aliphatic rings. The van der Waals surface area contributed by atoms with Gasteiger partial charge in [-0.25, -0.2) is 5.43 Å². The predicted molar refractivity (Wildman–Crippen MR) is 110 cm³/mol. The molecule has 0 atom stereocenters. The lowest BCUT2D eigenvalue weighted by atomic mass is 10.2. The first-order valence-corrected chi connectivity index (χ1v) is 9.58. The fourth-order valence-electron chi connectivity index (χ4n) is 1.85. The number of ether oxygens (including phenoxy) is 2. The van der Waals surface area contributed by atoms with Crippen LogP contribution in [0, 0.1) is 3.57 Å². The van der Waals surface area contributed by atoms with Crippen molar-refractivity contribution in [2.24, 2.45) is 5.10 Å². The Hall–Kier alpha value is -1.61. The van der Waals surface area contributed by atoms with Crippen LogP contribution >= 0.6 is 38.5 Å². The molecule has 0 saturated heterocycles. The van der Waals surface area contributed by atoms with E-state index < -0.39 is 0 Å². The maximum atomic E-state index is 11.8. The molecule has 25 heavy (non-hydrogen) atoms. The van der Waals surface area contributed by atoms with Crippen LogP contribution in [0.3, 0.4) is 0 Å². The molecule has 5 nitrogen and oxygen atoms in total. The molecule has 0 heterocycles. The molecule has 0 saturated carbocycles. The zero-order valence-corrected chi connectivity index (χ0v) is 17.4. The molecule has 0 aromatic heterocycles. The normalized spacial score (nSPS) is 10.7. The first kappa shape index (κ1) is 19.7. The van der Waals surface area contributed by atoms with E-state index in [4.69, 9.17) is 9.47 Å². The summed E-state index contributed by atoms with van der Waals surface area (Å²) in [6.07, 6.45) is 2.47. The molecule has 2 aromatic rings. The van der Waals surface area contributed by atoms with Gasteiger partial charge in [-0.05, 0) is 71.5 Å². The monoisotopic (exact) mass is 516 g/mol. The van der Waals surface area contributed by atoms with E-state index in [1.165, 1.54) is 0 Å². The highest BCUT2D eigenvalue weighted by Crippen LogP contribution is 2.22. The third-order valence-corrected chi connectivity index (χ3v) is 4.22. The van der Waals surface area contributed by atoms with Gasteiger partial charge >= 0.3 is 0 Å². The highest BCUT2D eigenvalue weighted by molar-refractivity contribution is 14.1. The van der Waals surface area contributed by atoms with Crippen molar-refractivity contribution in [3.63, 3.8) is 0 Å². The molecule has 0 bridgehead atoms. The standard InChI is InChI=1S/C18H18BrIN2O3/c1-2-9-24-17-8-3-14(19)10-13(17)11-21-22-18(23)12-25-16-6-4-15(20)5-7-16/h3-8,10-11H,2,9,12H2,1H3,(H,22,23). The topological polar surface area (TPSA) is 59.9 Å². The van der Waals surface area contributed by atoms with Gasteiger partial charge in [0.2, 0.25) is 0 Å². The van der Waals surface area contributed by atoms with Crippen LogP contribution in [0.15, 0.2) is 52.0 Å². The van der Waals surface area contributed by atoms with Crippen molar-refractivity contribution in [3.05, 3.63) is 56.1 Å². The van der Waals surface area contributed by atoms with Gasteiger partial charge < -0.3 is 9.47 Å². The molecule has 0 unspecified atom stereocenters. The molecule has 2 aromatic carbocycles. The number of rotatable bonds is 8. The number of nitrogens with zero attached hydrogens (tertiary/aromatic N) is 1. The van der Waals surface area contributed by atoms with Crippen molar-refractivity contribution in [1.29, 1.82) is 0 Å². The molecule has 0 fully saturated rings. The Bertz CT molecular complexity index is 736. The summed E-state index contributed by atoms with van der Waals surface area (Å²) in [4.78, 5) is 11.8. The Kier molecular flexibility index (Phi) is 8.20. The second kappa shape index (κ2) is 10.4. The summed E-state index contributed by atoms with van der Waals surface area (Å²) in [7, 11) is 0. The average molecular weight is 517 g/mol. The molecule has 0 radical (unpaired) electrons. The van der Waals surface area contributed by atoms with E-state index in [0.717, 1.165) is 25.8 Å². The maximum Gasteiger partial charge on any atom is 0.277 e. The summed E-state index contributed by atoms with van der Waals surface area (Å²) >= 11 is 5.62. The van der Waals surface area contributed by atoms with Crippen LogP contribution < -0.4 is 14.9 Å². The number of carbonyl (C=O) groups is 1. The van der Waals surface area contributed by atoms with Gasteiger partial charge in [0.25, 0.3) is 5.91 Å². The Morgan fingerprint density at radius 1 is 1.24 bits per heavy atom. The van der Waals surface area contributed by atoms with Crippen molar-refractivity contribution in [1.82, 2.24) is 5.43 Å². The van der Waals surface area contributed by atoms with Crippen molar-refractivity contribution in [2.75, 3.05) is 13.2 Å². The molecule has 7 heteroatoms. The summed E-state index contributed by atoms with van der Waals surface area (Å²) in [6.45, 7) is 2.56. The van der Waals surface area contributed by atoms with Crippen LogP contribution in [0.4, 0.5) is 0 Å². The SMILES string of the molecule is CCCOc1ccc(Br)cc1C=NNC(=O)COc1ccc(I)cc1. The third kappa shape index (κ3) is 7.03. The zero-order valence-electron chi connectivity index (χ0n) is 13.7. The van der Waals surface area contributed by atoms with Gasteiger partial charge in [0.05, 0.1) is 12.8 Å². The lowest BCUT2D eigenvalue weighted by molar-refractivity contribution is -0.123. The van der Waals surface area contributed by atoms with Gasteiger partial charge in [-0.15, -0.1) is 0 Å². The van der Waals surface area contributed by atoms with Crippen LogP contribution in [0.2, 0.25) is 0 Å². The van der Waals surface area contributed by atoms with Gasteiger partial charge in [0.15, 0.2) is 6.61 Å². The smallest absolute Gasteiger partial charge is 0.277 e. The Balaban J connectivity index is 1.88. The highest BCUT2D eigenvalue weighted by atomic mass is 127.